The van der Waals surface area contributed by atoms with Crippen molar-refractivity contribution in [2.75, 3.05) is 14.2 Å². The van der Waals surface area contributed by atoms with Crippen LogP contribution >= 0.6 is 0 Å². The first kappa shape index (κ1) is 14.5. The average molecular weight is 300 g/mol. The number of carbonyl (C=O) groups is 1. The van der Waals surface area contributed by atoms with Gasteiger partial charge < -0.3 is 9.29 Å². The van der Waals surface area contributed by atoms with Crippen molar-refractivity contribution < 1.29 is 22.9 Å². The van der Waals surface area contributed by atoms with Crippen molar-refractivity contribution in [1.82, 2.24) is 4.31 Å². The van der Waals surface area contributed by atoms with Crippen LogP contribution in [0.1, 0.15) is 5.56 Å². The highest BCUT2D eigenvalue weighted by Crippen LogP contribution is 2.21. The number of hydrogen-bond acceptors (Lipinski definition) is 5. The molecule has 1 unspecified atom stereocenters. The minimum Gasteiger partial charge on any atom is -0.566 e. The van der Waals surface area contributed by atoms with Gasteiger partial charge in [0.2, 0.25) is 11.5 Å². The van der Waals surface area contributed by atoms with Crippen LogP contribution in [0, 0.1) is 11.6 Å². The first-order valence-corrected chi connectivity index (χ1v) is 6.50. The van der Waals surface area contributed by atoms with Gasteiger partial charge in [0, 0.05) is 11.6 Å². The predicted octanol–water partition coefficient (Wildman–Crippen LogP) is 1.33. The normalized spacial score (nSPS) is 18.4. The predicted molar refractivity (Wildman–Crippen MR) is 68.9 cm³/mol. The monoisotopic (exact) mass is 300 g/mol. The van der Waals surface area contributed by atoms with Gasteiger partial charge in [-0.1, -0.05) is 0 Å². The third-order valence-corrected chi connectivity index (χ3v) is 3.65. The first-order valence-electron chi connectivity index (χ1n) is 5.44. The van der Waals surface area contributed by atoms with Crippen molar-refractivity contribution in [1.29, 1.82) is 0 Å². The van der Waals surface area contributed by atoms with E-state index in [2.05, 4.69) is 9.13 Å². The molecule has 0 spiro atoms. The number of rotatable bonds is 2. The van der Waals surface area contributed by atoms with Gasteiger partial charge in [0.25, 0.3) is 0 Å². The molecule has 0 radical (unpaired) electrons. The molecule has 1 aliphatic heterocycles. The second-order valence-corrected chi connectivity index (χ2v) is 5.05. The van der Waals surface area contributed by atoms with Gasteiger partial charge in [-0.2, -0.15) is 4.31 Å². The van der Waals surface area contributed by atoms with Gasteiger partial charge in [-0.05, 0) is 22.6 Å². The van der Waals surface area contributed by atoms with Crippen LogP contribution in [0.15, 0.2) is 34.4 Å². The Kier molecular flexibility index (Phi) is 4.05. The molecule has 2 rings (SSSR count). The Morgan fingerprint density at radius 3 is 2.70 bits per heavy atom. The fourth-order valence-electron chi connectivity index (χ4n) is 1.56. The van der Waals surface area contributed by atoms with E-state index in [0.717, 1.165) is 16.4 Å². The van der Waals surface area contributed by atoms with Crippen molar-refractivity contribution in [3.63, 3.8) is 0 Å². The Bertz CT molecular complexity index is 619. The van der Waals surface area contributed by atoms with E-state index in [1.807, 2.05) is 0 Å². The largest absolute Gasteiger partial charge is 0.566 e. The number of carbonyl (C=O) groups excluding carboxylic acids is 1. The molecule has 106 valence electrons. The van der Waals surface area contributed by atoms with E-state index in [-0.39, 0.29) is 17.0 Å². The van der Waals surface area contributed by atoms with E-state index in [1.165, 1.54) is 26.3 Å². The van der Waals surface area contributed by atoms with Crippen LogP contribution in [0.25, 0.3) is 0 Å². The van der Waals surface area contributed by atoms with Gasteiger partial charge in [0.1, 0.15) is 5.71 Å². The summed E-state index contributed by atoms with van der Waals surface area (Å²) in [5, 5.41) is 0. The zero-order valence-electron chi connectivity index (χ0n) is 10.6. The number of hydrogen-bond donors (Lipinski definition) is 0. The van der Waals surface area contributed by atoms with E-state index in [0.29, 0.717) is 0 Å². The lowest BCUT2D eigenvalue weighted by molar-refractivity contribution is -0.137. The van der Waals surface area contributed by atoms with Crippen LogP contribution in [0.2, 0.25) is 0 Å². The highest BCUT2D eigenvalue weighted by Gasteiger charge is 2.30. The molecule has 8 heteroatoms. The van der Waals surface area contributed by atoms with Crippen LogP contribution < -0.4 is 0 Å². The number of likely N-dealkylation sites (N-methyl/N-ethyl adjacent to an activating group) is 1. The van der Waals surface area contributed by atoms with Crippen molar-refractivity contribution >= 4 is 23.2 Å². The van der Waals surface area contributed by atoms with Crippen LogP contribution in [-0.2, 0) is 21.1 Å². The van der Waals surface area contributed by atoms with Gasteiger partial charge in [-0.15, -0.1) is 0 Å². The summed E-state index contributed by atoms with van der Waals surface area (Å²) in [5.74, 6) is -2.75. The Morgan fingerprint density at radius 1 is 1.40 bits per heavy atom. The van der Waals surface area contributed by atoms with E-state index in [4.69, 9.17) is 0 Å². The van der Waals surface area contributed by atoms with E-state index in [9.17, 15) is 18.1 Å². The molecule has 1 aromatic rings. The third kappa shape index (κ3) is 2.66. The molecular weight excluding hydrogens is 290 g/mol. The molecule has 5 nitrogen and oxygen atoms in total. The number of nitrogens with zero attached hydrogens (tertiary/aromatic N) is 2. The number of allylic oxidation sites excluding steroid dienone is 1. The van der Waals surface area contributed by atoms with Crippen molar-refractivity contribution in [3.05, 3.63) is 47.2 Å². The van der Waals surface area contributed by atoms with Crippen LogP contribution in [0.3, 0.4) is 0 Å². The number of halogens is 2. The summed E-state index contributed by atoms with van der Waals surface area (Å²) in [5.41, 5.74) is 0.341. The molecule has 0 N–H and O–H groups in total. The van der Waals surface area contributed by atoms with Gasteiger partial charge in [-0.3, -0.25) is 0 Å². The molecule has 0 saturated carbocycles. The molecule has 0 bridgehead atoms. The fraction of sp³-hybridized carbons (Fsp3) is 0.167. The minimum absolute atomic E-state index is 0.0144. The molecule has 0 amide bonds. The molecule has 20 heavy (non-hydrogen) atoms. The maximum absolute atomic E-state index is 13.2. The Balaban J connectivity index is 2.45. The standard InChI is InChI=1S/C12H10F2N2O3S/c1-16-11(12(17)19-2)6-10(15-20(16)18)7-3-4-8(13)9(14)5-7/h3-6H,1-2H3. The maximum atomic E-state index is 13.2. The summed E-state index contributed by atoms with van der Waals surface area (Å²) in [6, 6.07) is 3.13. The van der Waals surface area contributed by atoms with Crippen molar-refractivity contribution in [2.24, 2.45) is 4.40 Å². The number of ether oxygens (including phenoxy) is 1. The van der Waals surface area contributed by atoms with Crippen LogP contribution in [0.4, 0.5) is 8.78 Å². The maximum Gasteiger partial charge on any atom is 0.359 e. The lowest BCUT2D eigenvalue weighted by Crippen LogP contribution is -2.33. The average Bonchev–Trinajstić information content (AvgIpc) is 2.44. The van der Waals surface area contributed by atoms with Crippen LogP contribution in [-0.4, -0.2) is 34.7 Å². The summed E-state index contributed by atoms with van der Waals surface area (Å²) in [6.45, 7) is 0. The van der Waals surface area contributed by atoms with Gasteiger partial charge >= 0.3 is 5.97 Å². The summed E-state index contributed by atoms with van der Waals surface area (Å²) in [7, 11) is 2.59. The molecule has 0 aliphatic carbocycles. The SMILES string of the molecule is COC(=O)C1=CC(c2ccc(F)c(F)c2)=N[S+]([O-])N1C. The van der Waals surface area contributed by atoms with Gasteiger partial charge in [0.15, 0.2) is 17.3 Å². The number of benzene rings is 1. The zero-order chi connectivity index (χ0) is 14.9. The van der Waals surface area contributed by atoms with E-state index < -0.39 is 29.2 Å². The first-order chi connectivity index (χ1) is 9.43. The van der Waals surface area contributed by atoms with E-state index in [1.54, 1.807) is 0 Å². The minimum atomic E-state index is -1.84. The molecule has 1 heterocycles. The summed E-state index contributed by atoms with van der Waals surface area (Å²) in [4.78, 5) is 11.6. The summed E-state index contributed by atoms with van der Waals surface area (Å²) < 4.78 is 47.4. The molecule has 1 aliphatic rings. The Morgan fingerprint density at radius 2 is 2.10 bits per heavy atom. The topological polar surface area (TPSA) is 65.0 Å². The van der Waals surface area contributed by atoms with Crippen molar-refractivity contribution in [2.45, 2.75) is 0 Å². The quantitative estimate of drug-likeness (QED) is 0.610. The van der Waals surface area contributed by atoms with Gasteiger partial charge in [0.05, 0.1) is 14.2 Å². The van der Waals surface area contributed by atoms with Crippen molar-refractivity contribution in [3.8, 4) is 0 Å². The zero-order valence-corrected chi connectivity index (χ0v) is 11.4. The third-order valence-electron chi connectivity index (χ3n) is 2.63. The smallest absolute Gasteiger partial charge is 0.359 e. The number of methoxy groups -OCH3 is 1. The highest BCUT2D eigenvalue weighted by molar-refractivity contribution is 7.88. The molecular formula is C12H10F2N2O3S. The Hall–Kier alpha value is -1.93. The molecule has 0 aromatic heterocycles. The number of esters is 1. The second-order valence-electron chi connectivity index (χ2n) is 3.85. The second kappa shape index (κ2) is 5.59. The molecule has 1 aromatic carbocycles. The molecule has 1 atom stereocenters. The molecule has 0 fully saturated rings. The van der Waals surface area contributed by atoms with Gasteiger partial charge in [-0.25, -0.2) is 13.6 Å². The van der Waals surface area contributed by atoms with E-state index >= 15 is 0 Å². The fourth-order valence-corrected chi connectivity index (χ4v) is 2.30. The Labute approximate surface area is 117 Å². The van der Waals surface area contributed by atoms with Crippen LogP contribution in [0.5, 0.6) is 0 Å². The highest BCUT2D eigenvalue weighted by atomic mass is 32.2. The molecule has 0 saturated heterocycles. The lowest BCUT2D eigenvalue weighted by Gasteiger charge is -2.22. The lowest BCUT2D eigenvalue weighted by atomic mass is 10.1. The summed E-state index contributed by atoms with van der Waals surface area (Å²) in [6.07, 6.45) is 1.31. The summed E-state index contributed by atoms with van der Waals surface area (Å²) >= 11 is -1.84.